The third kappa shape index (κ3) is 2.19. The molecule has 0 atom stereocenters. The predicted octanol–water partition coefficient (Wildman–Crippen LogP) is 5.29. The Morgan fingerprint density at radius 1 is 0.773 bits per heavy atom. The van der Waals surface area contributed by atoms with Crippen LogP contribution in [0, 0.1) is 13.8 Å². The molecule has 2 aromatic rings. The van der Waals surface area contributed by atoms with Crippen molar-refractivity contribution in [2.75, 3.05) is 0 Å². The molecule has 0 spiro atoms. The summed E-state index contributed by atoms with van der Waals surface area (Å²) in [5.41, 5.74) is 7.23. The summed E-state index contributed by atoms with van der Waals surface area (Å²) in [5, 5.41) is 0. The van der Waals surface area contributed by atoms with E-state index in [2.05, 4.69) is 88.9 Å². The van der Waals surface area contributed by atoms with Gasteiger partial charge in [-0.2, -0.15) is 0 Å². The van der Waals surface area contributed by atoms with Crippen molar-refractivity contribution >= 4 is 0 Å². The van der Waals surface area contributed by atoms with Crippen LogP contribution in [-0.2, 0) is 17.6 Å². The van der Waals surface area contributed by atoms with Gasteiger partial charge in [-0.25, -0.2) is 0 Å². The molecule has 0 saturated heterocycles. The van der Waals surface area contributed by atoms with Gasteiger partial charge in [-0.15, -0.1) is 0 Å². The van der Waals surface area contributed by atoms with E-state index < -0.39 is 0 Å². The maximum Gasteiger partial charge on any atom is 0.0420 e. The summed E-state index contributed by atoms with van der Waals surface area (Å²) in [6.07, 6.45) is 0. The van der Waals surface area contributed by atoms with Gasteiger partial charge in [-0.05, 0) is 69.4 Å². The van der Waals surface area contributed by atoms with Gasteiger partial charge in [0.2, 0.25) is 0 Å². The first-order valence-corrected chi connectivity index (χ1v) is 8.18. The van der Waals surface area contributed by atoms with Crippen molar-refractivity contribution in [1.29, 1.82) is 0 Å². The third-order valence-corrected chi connectivity index (χ3v) is 5.49. The molecule has 1 aliphatic rings. The zero-order valence-electron chi connectivity index (χ0n) is 14.7. The summed E-state index contributed by atoms with van der Waals surface area (Å²) in [4.78, 5) is 2.64. The van der Waals surface area contributed by atoms with E-state index in [1.807, 2.05) is 0 Å². The second-order valence-electron chi connectivity index (χ2n) is 7.67. The molecule has 0 unspecified atom stereocenters. The Hall–Kier alpha value is -1.60. The van der Waals surface area contributed by atoms with Crippen molar-refractivity contribution in [2.45, 2.75) is 59.2 Å². The van der Waals surface area contributed by atoms with Crippen LogP contribution in [0.15, 0.2) is 42.5 Å². The lowest BCUT2D eigenvalue weighted by molar-refractivity contribution is 0.0312. The molecule has 0 fully saturated rings. The number of benzene rings is 2. The first-order chi connectivity index (χ1) is 10.2. The molecule has 22 heavy (non-hydrogen) atoms. The molecule has 1 heteroatoms. The Labute approximate surface area is 135 Å². The van der Waals surface area contributed by atoms with Crippen LogP contribution in [0.1, 0.15) is 55.5 Å². The van der Waals surface area contributed by atoms with Crippen LogP contribution in [0.2, 0.25) is 0 Å². The molecule has 116 valence electrons. The molecule has 0 saturated carbocycles. The summed E-state index contributed by atoms with van der Waals surface area (Å²) in [6, 6.07) is 15.6. The van der Waals surface area contributed by atoms with Gasteiger partial charge in [0.15, 0.2) is 0 Å². The minimum absolute atomic E-state index is 0.0487. The molecule has 0 bridgehead atoms. The maximum absolute atomic E-state index is 2.64. The molecule has 1 nitrogen and oxygen atoms in total. The molecule has 0 aliphatic carbocycles. The summed E-state index contributed by atoms with van der Waals surface area (Å²) in [5.74, 6) is 0. The summed E-state index contributed by atoms with van der Waals surface area (Å²) in [6.45, 7) is 14.9. The number of hydrogen-bond donors (Lipinski definition) is 0. The van der Waals surface area contributed by atoms with E-state index in [1.165, 1.54) is 27.8 Å². The van der Waals surface area contributed by atoms with Gasteiger partial charge in [0.25, 0.3) is 0 Å². The molecule has 3 rings (SSSR count). The second kappa shape index (κ2) is 4.96. The fraction of sp³-hybridized carbons (Fsp3) is 0.429. The van der Waals surface area contributed by atoms with Gasteiger partial charge < -0.3 is 0 Å². The lowest BCUT2D eigenvalue weighted by atomic mass is 9.87. The Kier molecular flexibility index (Phi) is 3.45. The van der Waals surface area contributed by atoms with E-state index >= 15 is 0 Å². The molecular formula is C21H27N. The third-order valence-electron chi connectivity index (χ3n) is 5.49. The first kappa shape index (κ1) is 15.3. The zero-order chi connectivity index (χ0) is 16.1. The number of aryl methyl sites for hydroxylation is 2. The van der Waals surface area contributed by atoms with Crippen molar-refractivity contribution < 1.29 is 0 Å². The average Bonchev–Trinajstić information content (AvgIpc) is 2.60. The minimum atomic E-state index is 0.0487. The maximum atomic E-state index is 2.64. The monoisotopic (exact) mass is 293 g/mol. The summed E-state index contributed by atoms with van der Waals surface area (Å²) >= 11 is 0. The van der Waals surface area contributed by atoms with Crippen LogP contribution in [0.25, 0.3) is 0 Å². The largest absolute Gasteiger partial charge is 0.281 e. The van der Waals surface area contributed by atoms with Crippen molar-refractivity contribution in [3.63, 3.8) is 0 Å². The molecule has 0 N–H and O–H groups in total. The Balaban J connectivity index is 2.09. The number of hydrogen-bond acceptors (Lipinski definition) is 1. The topological polar surface area (TPSA) is 3.24 Å². The molecule has 1 heterocycles. The summed E-state index contributed by atoms with van der Waals surface area (Å²) in [7, 11) is 0. The van der Waals surface area contributed by atoms with Crippen molar-refractivity contribution in [1.82, 2.24) is 4.90 Å². The normalized spacial score (nSPS) is 19.2. The van der Waals surface area contributed by atoms with Crippen LogP contribution < -0.4 is 0 Å². The Bertz CT molecular complexity index is 654. The van der Waals surface area contributed by atoms with Crippen LogP contribution in [-0.4, -0.2) is 4.90 Å². The number of rotatable bonds is 2. The molecular weight excluding hydrogens is 266 g/mol. The van der Waals surface area contributed by atoms with Crippen LogP contribution in [0.4, 0.5) is 0 Å². The summed E-state index contributed by atoms with van der Waals surface area (Å²) < 4.78 is 0. The Morgan fingerprint density at radius 3 is 1.68 bits per heavy atom. The molecule has 0 radical (unpaired) electrons. The SMILES string of the molecule is Cc1cc2c(cc1C)C(C)(C)N(Cc1ccccc1)C2(C)C. The van der Waals surface area contributed by atoms with Crippen LogP contribution >= 0.6 is 0 Å². The molecule has 1 aliphatic heterocycles. The van der Waals surface area contributed by atoms with E-state index in [0.717, 1.165) is 6.54 Å². The van der Waals surface area contributed by atoms with E-state index in [9.17, 15) is 0 Å². The van der Waals surface area contributed by atoms with Gasteiger partial charge in [-0.1, -0.05) is 42.5 Å². The fourth-order valence-corrected chi connectivity index (χ4v) is 3.98. The van der Waals surface area contributed by atoms with Crippen LogP contribution in [0.3, 0.4) is 0 Å². The van der Waals surface area contributed by atoms with Gasteiger partial charge in [0.1, 0.15) is 0 Å². The van der Waals surface area contributed by atoms with Crippen molar-refractivity contribution in [3.8, 4) is 0 Å². The lowest BCUT2D eigenvalue weighted by Crippen LogP contribution is -2.44. The number of fused-ring (bicyclic) bond motifs is 1. The molecule has 0 aromatic heterocycles. The van der Waals surface area contributed by atoms with E-state index in [0.29, 0.717) is 0 Å². The highest BCUT2D eigenvalue weighted by atomic mass is 15.3. The smallest absolute Gasteiger partial charge is 0.0420 e. The van der Waals surface area contributed by atoms with Crippen molar-refractivity contribution in [3.05, 3.63) is 70.3 Å². The molecule has 2 aromatic carbocycles. The number of nitrogens with zero attached hydrogens (tertiary/aromatic N) is 1. The highest BCUT2D eigenvalue weighted by Gasteiger charge is 2.48. The fourth-order valence-electron chi connectivity index (χ4n) is 3.98. The quantitative estimate of drug-likeness (QED) is 0.727. The average molecular weight is 293 g/mol. The van der Waals surface area contributed by atoms with Gasteiger partial charge in [0, 0.05) is 17.6 Å². The standard InChI is InChI=1S/C21H27N/c1-15-12-18-19(13-16(15)2)21(5,6)22(20(18,3)4)14-17-10-8-7-9-11-17/h7-13H,14H2,1-6H3. The lowest BCUT2D eigenvalue weighted by Gasteiger charge is -2.41. The van der Waals surface area contributed by atoms with Gasteiger partial charge in [0.05, 0.1) is 0 Å². The first-order valence-electron chi connectivity index (χ1n) is 8.18. The highest BCUT2D eigenvalue weighted by molar-refractivity contribution is 5.48. The van der Waals surface area contributed by atoms with E-state index in [4.69, 9.17) is 0 Å². The van der Waals surface area contributed by atoms with E-state index in [1.54, 1.807) is 0 Å². The molecule has 0 amide bonds. The van der Waals surface area contributed by atoms with Gasteiger partial charge in [-0.3, -0.25) is 4.90 Å². The second-order valence-corrected chi connectivity index (χ2v) is 7.67. The predicted molar refractivity (Wildman–Crippen MR) is 94.0 cm³/mol. The highest BCUT2D eigenvalue weighted by Crippen LogP contribution is 2.50. The van der Waals surface area contributed by atoms with Crippen molar-refractivity contribution in [2.24, 2.45) is 0 Å². The van der Waals surface area contributed by atoms with Crippen LogP contribution in [0.5, 0.6) is 0 Å². The van der Waals surface area contributed by atoms with Gasteiger partial charge >= 0.3 is 0 Å². The zero-order valence-corrected chi connectivity index (χ0v) is 14.7. The van der Waals surface area contributed by atoms with E-state index in [-0.39, 0.29) is 11.1 Å². The minimum Gasteiger partial charge on any atom is -0.281 e. The Morgan fingerprint density at radius 2 is 1.23 bits per heavy atom.